The molecule has 7 nitrogen and oxygen atoms in total. The molecule has 4 heterocycles. The van der Waals surface area contributed by atoms with Gasteiger partial charge in [0, 0.05) is 30.5 Å². The number of rotatable bonds is 4. The molecule has 0 saturated heterocycles. The number of imidazole rings is 1. The number of aryl methyl sites for hydroxylation is 1. The zero-order valence-electron chi connectivity index (χ0n) is 21.5. The van der Waals surface area contributed by atoms with Crippen molar-refractivity contribution >= 4 is 16.6 Å². The number of pyridine rings is 2. The van der Waals surface area contributed by atoms with E-state index in [-0.39, 0.29) is 5.54 Å². The molecule has 0 spiro atoms. The summed E-state index contributed by atoms with van der Waals surface area (Å²) in [5, 5.41) is 6.12. The second-order valence-electron chi connectivity index (χ2n) is 10.5. The van der Waals surface area contributed by atoms with E-state index in [1.807, 2.05) is 47.0 Å². The van der Waals surface area contributed by atoms with E-state index in [0.717, 1.165) is 57.7 Å². The monoisotopic (exact) mass is 500 g/mol. The van der Waals surface area contributed by atoms with Crippen molar-refractivity contribution in [1.29, 1.82) is 0 Å². The summed E-state index contributed by atoms with van der Waals surface area (Å²) in [5.41, 5.74) is 13.7. The van der Waals surface area contributed by atoms with E-state index in [2.05, 4.69) is 64.0 Å². The van der Waals surface area contributed by atoms with Crippen LogP contribution in [0, 0.1) is 0 Å². The summed E-state index contributed by atoms with van der Waals surface area (Å²) in [6.45, 7) is 0. The third kappa shape index (κ3) is 3.78. The lowest BCUT2D eigenvalue weighted by Gasteiger charge is -2.33. The Morgan fingerprint density at radius 1 is 0.895 bits per heavy atom. The molecule has 1 aliphatic carbocycles. The maximum Gasteiger partial charge on any atom is 0.334 e. The Labute approximate surface area is 221 Å². The Kier molecular flexibility index (Phi) is 5.33. The summed E-state index contributed by atoms with van der Waals surface area (Å²) in [6.07, 6.45) is 13.5. The van der Waals surface area contributed by atoms with Gasteiger partial charge in [-0.1, -0.05) is 66.4 Å². The van der Waals surface area contributed by atoms with Crippen LogP contribution in [0.3, 0.4) is 0 Å². The minimum Gasteiger partial charge on any atom is -0.340 e. The maximum atomic E-state index is 6.84. The van der Waals surface area contributed by atoms with Crippen molar-refractivity contribution < 1.29 is 4.40 Å². The third-order valence-electron chi connectivity index (χ3n) is 7.87. The van der Waals surface area contributed by atoms with Gasteiger partial charge in [-0.2, -0.15) is 4.40 Å². The summed E-state index contributed by atoms with van der Waals surface area (Å²) in [6, 6.07) is 23.2. The van der Waals surface area contributed by atoms with Crippen LogP contribution in [-0.2, 0) is 12.6 Å². The van der Waals surface area contributed by atoms with Crippen LogP contribution in [0.2, 0.25) is 0 Å². The highest BCUT2D eigenvalue weighted by Gasteiger charge is 2.31. The number of aromatic nitrogens is 6. The second kappa shape index (κ2) is 8.89. The minimum atomic E-state index is -0.238. The van der Waals surface area contributed by atoms with E-state index in [4.69, 9.17) is 15.8 Å². The van der Waals surface area contributed by atoms with E-state index >= 15 is 0 Å². The molecule has 0 atom stereocenters. The summed E-state index contributed by atoms with van der Waals surface area (Å²) in [4.78, 5) is 9.43. The summed E-state index contributed by atoms with van der Waals surface area (Å²) >= 11 is 0. The fourth-order valence-electron chi connectivity index (χ4n) is 5.79. The molecule has 7 heteroatoms. The zero-order valence-corrected chi connectivity index (χ0v) is 21.5. The Morgan fingerprint density at radius 2 is 1.68 bits per heavy atom. The molecular formula is C31H30N7+. The van der Waals surface area contributed by atoms with Crippen molar-refractivity contribution in [2.75, 3.05) is 0 Å². The fraction of sp³-hybridized carbons (Fsp3) is 0.226. The Bertz CT molecular complexity index is 1760. The number of benzene rings is 2. The molecule has 188 valence electrons. The van der Waals surface area contributed by atoms with E-state index in [0.29, 0.717) is 0 Å². The molecule has 0 aliphatic heterocycles. The summed E-state index contributed by atoms with van der Waals surface area (Å²) in [7, 11) is 1.97. The molecule has 38 heavy (non-hydrogen) atoms. The van der Waals surface area contributed by atoms with Crippen LogP contribution in [0.5, 0.6) is 0 Å². The predicted molar refractivity (Wildman–Crippen MR) is 149 cm³/mol. The van der Waals surface area contributed by atoms with Gasteiger partial charge in [0.05, 0.1) is 28.5 Å². The van der Waals surface area contributed by atoms with Gasteiger partial charge in [-0.3, -0.25) is 4.98 Å². The number of hydrogen-bond donors (Lipinski definition) is 1. The third-order valence-corrected chi connectivity index (χ3v) is 7.87. The maximum absolute atomic E-state index is 6.84. The summed E-state index contributed by atoms with van der Waals surface area (Å²) < 4.78 is 6.06. The first kappa shape index (κ1) is 22.8. The predicted octanol–water partition coefficient (Wildman–Crippen LogP) is 5.34. The first-order chi connectivity index (χ1) is 18.6. The standard InChI is InChI=1S/C31H30N7/c1-36-20-28(34-21-36)29-35-38(25-12-10-24(11-13-25)31(32)15-6-3-7-16-31)30-26-18-23(22-8-4-2-5-9-22)19-33-27(26)14-17-37(29)30/h2,4-5,8-14,17-21H,3,6-7,15-16,32H2,1H3/q+1. The van der Waals surface area contributed by atoms with Crippen LogP contribution in [0.1, 0.15) is 37.7 Å². The van der Waals surface area contributed by atoms with Crippen molar-refractivity contribution in [2.45, 2.75) is 37.6 Å². The Morgan fingerprint density at radius 3 is 2.42 bits per heavy atom. The van der Waals surface area contributed by atoms with Crippen molar-refractivity contribution in [2.24, 2.45) is 12.8 Å². The molecule has 6 aromatic rings. The average molecular weight is 501 g/mol. The van der Waals surface area contributed by atoms with E-state index in [9.17, 15) is 0 Å². The number of hydrogen-bond acceptors (Lipinski definition) is 4. The van der Waals surface area contributed by atoms with Crippen LogP contribution in [0.4, 0.5) is 0 Å². The van der Waals surface area contributed by atoms with E-state index < -0.39 is 0 Å². The first-order valence-electron chi connectivity index (χ1n) is 13.3. The van der Waals surface area contributed by atoms with Gasteiger partial charge < -0.3 is 10.3 Å². The molecule has 1 saturated carbocycles. The number of nitrogens with zero attached hydrogens (tertiary/aromatic N) is 6. The first-order valence-corrected chi connectivity index (χ1v) is 13.3. The molecule has 7 rings (SSSR count). The van der Waals surface area contributed by atoms with Gasteiger partial charge >= 0.3 is 5.82 Å². The molecule has 0 unspecified atom stereocenters. The highest BCUT2D eigenvalue weighted by Crippen LogP contribution is 2.35. The Hall–Kier alpha value is -4.36. The fourth-order valence-corrected chi connectivity index (χ4v) is 5.79. The topological polar surface area (TPSA) is 78.6 Å². The van der Waals surface area contributed by atoms with Crippen LogP contribution < -0.4 is 10.1 Å². The molecule has 2 N–H and O–H groups in total. The molecule has 0 amide bonds. The molecule has 1 aliphatic rings. The smallest absolute Gasteiger partial charge is 0.334 e. The van der Waals surface area contributed by atoms with Crippen LogP contribution in [0.25, 0.3) is 44.9 Å². The van der Waals surface area contributed by atoms with Crippen molar-refractivity contribution in [1.82, 2.24) is 24.3 Å². The van der Waals surface area contributed by atoms with Gasteiger partial charge in [-0.25, -0.2) is 4.98 Å². The number of nitrogens with two attached hydrogens (primary N) is 1. The summed E-state index contributed by atoms with van der Waals surface area (Å²) in [5.74, 6) is 0.777. The van der Waals surface area contributed by atoms with Gasteiger partial charge in [-0.15, -0.1) is 0 Å². The molecule has 0 radical (unpaired) electrons. The molecule has 0 bridgehead atoms. The van der Waals surface area contributed by atoms with Crippen LogP contribution in [-0.4, -0.2) is 24.3 Å². The van der Waals surface area contributed by atoms with Crippen molar-refractivity contribution in [3.8, 4) is 28.3 Å². The van der Waals surface area contributed by atoms with E-state index in [1.165, 1.54) is 24.8 Å². The lowest BCUT2D eigenvalue weighted by atomic mass is 9.77. The van der Waals surface area contributed by atoms with Gasteiger partial charge in [0.1, 0.15) is 5.69 Å². The number of fused-ring (bicyclic) bond motifs is 3. The SMILES string of the molecule is Cn1cnc(-c2nn(-c3ccc(C4(N)CCCCC4)cc3)c3c4cc(-c5ccccc5)cnc4cc[n+]23)c1. The lowest BCUT2D eigenvalue weighted by molar-refractivity contribution is -0.498. The van der Waals surface area contributed by atoms with Crippen molar-refractivity contribution in [3.63, 3.8) is 0 Å². The quantitative estimate of drug-likeness (QED) is 0.331. The normalized spacial score (nSPS) is 15.3. The highest BCUT2D eigenvalue weighted by atomic mass is 15.4. The van der Waals surface area contributed by atoms with E-state index in [1.54, 1.807) is 6.33 Å². The molecule has 1 fully saturated rings. The average Bonchev–Trinajstić information content (AvgIpc) is 3.57. The van der Waals surface area contributed by atoms with Crippen LogP contribution in [0.15, 0.2) is 91.6 Å². The second-order valence-corrected chi connectivity index (χ2v) is 10.5. The zero-order chi connectivity index (χ0) is 25.7. The van der Waals surface area contributed by atoms with Gasteiger partial charge in [0.15, 0.2) is 5.69 Å². The largest absolute Gasteiger partial charge is 0.340 e. The van der Waals surface area contributed by atoms with Gasteiger partial charge in [-0.05, 0) is 48.2 Å². The van der Waals surface area contributed by atoms with Crippen molar-refractivity contribution in [3.05, 3.63) is 97.2 Å². The molecule has 4 aromatic heterocycles. The molecular weight excluding hydrogens is 470 g/mol. The van der Waals surface area contributed by atoms with Crippen LogP contribution >= 0.6 is 0 Å². The minimum absolute atomic E-state index is 0.238. The highest BCUT2D eigenvalue weighted by molar-refractivity contribution is 5.93. The lowest BCUT2D eigenvalue weighted by Crippen LogP contribution is -2.38. The Balaban J connectivity index is 1.45. The van der Waals surface area contributed by atoms with Gasteiger partial charge in [0.25, 0.3) is 5.65 Å². The molecule has 2 aromatic carbocycles. The van der Waals surface area contributed by atoms with Gasteiger partial charge in [0.2, 0.25) is 0 Å².